The van der Waals surface area contributed by atoms with Gasteiger partial charge in [0.1, 0.15) is 17.3 Å². The maximum atomic E-state index is 8.31. The van der Waals surface area contributed by atoms with Crippen LogP contribution in [0, 0.1) is 24.3 Å². The van der Waals surface area contributed by atoms with E-state index in [0.717, 1.165) is 156 Å². The van der Waals surface area contributed by atoms with E-state index in [4.69, 9.17) is 14.1 Å². The minimum Gasteiger partial charge on any atom is -0.319 e. The van der Waals surface area contributed by atoms with Crippen molar-refractivity contribution in [2.24, 2.45) is 6.98 Å². The third-order valence-corrected chi connectivity index (χ3v) is 22.2. The van der Waals surface area contributed by atoms with Gasteiger partial charge in [-0.05, 0) is 116 Å². The van der Waals surface area contributed by atoms with E-state index < -0.39 is 17.8 Å². The fourth-order valence-electron chi connectivity index (χ4n) is 17.1. The maximum Gasteiger partial charge on any atom is 0.188 e. The Kier molecular flexibility index (Phi) is 18.9. The Labute approximate surface area is 700 Å². The largest absolute Gasteiger partial charge is 0.319 e. The van der Waals surface area contributed by atoms with Crippen LogP contribution in [-0.4, -0.2) is 37.4 Å². The fraction of sp³-hybridized carbons (Fsp3) is 0.0286. The second kappa shape index (κ2) is 31.2. The van der Waals surface area contributed by atoms with Crippen LogP contribution in [0.1, 0.15) is 48.6 Å². The summed E-state index contributed by atoms with van der Waals surface area (Å²) in [5, 5.41) is 4.46. The van der Waals surface area contributed by atoms with Gasteiger partial charge in [0.25, 0.3) is 0 Å². The molecule has 0 aliphatic heterocycles. The van der Waals surface area contributed by atoms with E-state index in [0.29, 0.717) is 5.52 Å². The van der Waals surface area contributed by atoms with Crippen molar-refractivity contribution in [1.29, 1.82) is 0 Å². The molecule has 0 bridgehead atoms. The number of rotatable bonds is 15. The zero-order valence-electron chi connectivity index (χ0n) is 65.0. The summed E-state index contributed by atoms with van der Waals surface area (Å²) in [7, 11) is 0. The Morgan fingerprint density at radius 3 is 1.03 bits per heavy atom. The molecule has 15 aromatic carbocycles. The molecule has 115 heavy (non-hydrogen) atoms. The van der Waals surface area contributed by atoms with E-state index in [1.807, 2.05) is 77.6 Å². The van der Waals surface area contributed by atoms with E-state index in [1.165, 1.54) is 4.57 Å². The van der Waals surface area contributed by atoms with Gasteiger partial charge in [-0.25, -0.2) is 23.7 Å². The van der Waals surface area contributed by atoms with Crippen molar-refractivity contribution in [3.8, 4) is 51.0 Å². The summed E-state index contributed by atoms with van der Waals surface area (Å²) in [5.41, 5.74) is 21.3. The van der Waals surface area contributed by atoms with Crippen LogP contribution in [0.4, 0.5) is 0 Å². The van der Waals surface area contributed by atoms with Gasteiger partial charge < -0.3 is 9.13 Å². The molecule has 0 saturated carbocycles. The van der Waals surface area contributed by atoms with Crippen molar-refractivity contribution in [3.05, 3.63) is 488 Å². The van der Waals surface area contributed by atoms with Crippen molar-refractivity contribution < 1.29 is 46.2 Å². The van der Waals surface area contributed by atoms with Gasteiger partial charge in [-0.2, -0.15) is 65.2 Å². The normalized spacial score (nSPS) is 12.1. The molecule has 0 unspecified atom stereocenters. The summed E-state index contributed by atoms with van der Waals surface area (Å²) in [4.78, 5) is 9.96. The molecule has 0 atom stereocenters. The fourth-order valence-corrected chi connectivity index (χ4v) is 17.1. The zero-order chi connectivity index (χ0) is 77.7. The van der Waals surface area contributed by atoms with Crippen LogP contribution in [-0.2, 0) is 59.9 Å². The van der Waals surface area contributed by atoms with Crippen molar-refractivity contribution in [3.63, 3.8) is 0 Å². The number of aryl methyl sites for hydroxylation is 1. The number of pyridine rings is 2. The molecule has 0 saturated heterocycles. The molecule has 0 radical (unpaired) electrons. The molecule has 0 fully saturated rings. The Bertz CT molecular complexity index is 7120. The van der Waals surface area contributed by atoms with Crippen LogP contribution in [0.5, 0.6) is 0 Å². The first-order valence-corrected chi connectivity index (χ1v) is 38.0. The molecular formula is C105H72N8Pt2-2. The third kappa shape index (κ3) is 12.8. The minimum absolute atomic E-state index is 0. The topological polar surface area (TPSA) is 55.4 Å². The first-order valence-electron chi connectivity index (χ1n) is 39.5. The molecule has 0 aliphatic rings. The third-order valence-electron chi connectivity index (χ3n) is 22.2. The molecule has 8 nitrogen and oxygen atoms in total. The molecule has 6 heterocycles. The second-order valence-electron chi connectivity index (χ2n) is 28.4. The average Bonchev–Trinajstić information content (AvgIpc) is 1.52. The van der Waals surface area contributed by atoms with Crippen molar-refractivity contribution >= 4 is 65.7 Å². The van der Waals surface area contributed by atoms with Crippen LogP contribution >= 0.6 is 0 Å². The monoisotopic (exact) mass is 1840 g/mol. The molecule has 554 valence electrons. The number of hydrogen-bond donors (Lipinski definition) is 0. The number of benzene rings is 15. The van der Waals surface area contributed by atoms with Gasteiger partial charge in [0, 0.05) is 123 Å². The molecule has 21 aromatic rings. The predicted molar refractivity (Wildman–Crippen MR) is 461 cm³/mol. The molecule has 10 heteroatoms. The van der Waals surface area contributed by atoms with Gasteiger partial charge in [-0.15, -0.1) is 51.2 Å². The van der Waals surface area contributed by atoms with Gasteiger partial charge in [0.05, 0.1) is 0 Å². The quantitative estimate of drug-likeness (QED) is 0.0759. The summed E-state index contributed by atoms with van der Waals surface area (Å²) in [5.74, 6) is 1.65. The average molecular weight is 1840 g/mol. The molecule has 0 spiro atoms. The van der Waals surface area contributed by atoms with Crippen LogP contribution < -0.4 is 0 Å². The van der Waals surface area contributed by atoms with E-state index in [1.54, 1.807) is 6.33 Å². The van der Waals surface area contributed by atoms with Gasteiger partial charge in [0.2, 0.25) is 0 Å². The molecule has 0 aliphatic carbocycles. The minimum atomic E-state index is -2.36. The van der Waals surface area contributed by atoms with Gasteiger partial charge in [-0.1, -0.05) is 266 Å². The number of fused-ring (bicyclic) bond motifs is 8. The Morgan fingerprint density at radius 1 is 0.278 bits per heavy atom. The smallest absolute Gasteiger partial charge is 0.188 e. The maximum absolute atomic E-state index is 8.31. The van der Waals surface area contributed by atoms with Gasteiger partial charge in [-0.3, -0.25) is 0 Å². The molecule has 21 rings (SSSR count). The molecule has 0 amide bonds. The summed E-state index contributed by atoms with van der Waals surface area (Å²) >= 11 is 0. The first kappa shape index (κ1) is 69.5. The van der Waals surface area contributed by atoms with Crippen LogP contribution in [0.25, 0.3) is 117 Å². The van der Waals surface area contributed by atoms with E-state index in [9.17, 15) is 0 Å². The van der Waals surface area contributed by atoms with Crippen LogP contribution in [0.15, 0.2) is 419 Å². The SMILES string of the molecule is [2H]C([2H])([2H])n1[cH+]n(-c2[c-]c(C(c3[c-]c4c(cc3)c3ccccc3n4-c3cc(-c4ccccc4)ccn3)(c3ccccc3)c3ccccc3)ccc2)c2ccccc21.[Pt].[Pt].[c-]1c(-n2[cH+]n(-c3ccccc3)c3ccccc32)cccc1C(c1[c-]c2c(cc1)c1ccccc1n2-c1cc(-c2ccccc2)ccn1)(c1ccccc1)c1ccccc1. The van der Waals surface area contributed by atoms with Crippen molar-refractivity contribution in [1.82, 2.24) is 37.4 Å². The van der Waals surface area contributed by atoms with E-state index in [2.05, 4.69) is 383 Å². The van der Waals surface area contributed by atoms with Crippen LogP contribution in [0.3, 0.4) is 0 Å². The Morgan fingerprint density at radius 2 is 0.617 bits per heavy atom. The number of imidazole rings is 2. The van der Waals surface area contributed by atoms with E-state index in [-0.39, 0.29) is 42.1 Å². The van der Waals surface area contributed by atoms with Crippen LogP contribution in [0.2, 0.25) is 0 Å². The summed E-state index contributed by atoms with van der Waals surface area (Å²) in [6.45, 7) is -2.36. The Hall–Kier alpha value is -13.5. The first-order chi connectivity index (χ1) is 57.2. The summed E-state index contributed by atoms with van der Waals surface area (Å²) in [6.07, 6.45) is 7.62. The molecular weight excluding hydrogens is 1760 g/mol. The number of para-hydroxylation sites is 7. The standard InChI is InChI=1S/C55H37N4.C50H35N4.2Pt/c1-5-18-40(19-6-1)41-34-35-56-54(36-41)59-50-29-14-13-28-48(50)49-33-32-45(38-53(49)59)55(42-20-7-2-8-21-42,43-22-9-3-10-23-43)44-24-17-27-47(37-44)58-39-57(46-25-11-4-12-26-46)51-30-15-16-31-52(51)58;1-52-35-53(47-27-14-13-26-46(47)52)42-23-15-22-40(33-42)50(38-18-7-3-8-19-38,39-20-9-4-10-21-39)41-28-29-44-43-24-11-12-25-45(43)54(48(44)34-41)49-32-37(30-31-51-49)36-16-5-2-6-17-36;;/h1-36,39H;2-32,35H,1H3;;/q2*-1;;/i;1D3;;. The summed E-state index contributed by atoms with van der Waals surface area (Å²) in [6, 6.07) is 153. The molecule has 0 N–H and O–H groups in total. The summed E-state index contributed by atoms with van der Waals surface area (Å²) < 4.78 is 37.2. The Balaban J connectivity index is 0.000000160. The number of aromatic nitrogens is 8. The van der Waals surface area contributed by atoms with E-state index >= 15 is 0 Å². The van der Waals surface area contributed by atoms with Gasteiger partial charge in [0.15, 0.2) is 34.7 Å². The number of hydrogen-bond acceptors (Lipinski definition) is 2. The zero-order valence-corrected chi connectivity index (χ0v) is 66.6. The number of nitrogens with zero attached hydrogens (tertiary/aromatic N) is 8. The molecule has 6 aromatic heterocycles. The predicted octanol–water partition coefficient (Wildman–Crippen LogP) is 24.2. The van der Waals surface area contributed by atoms with Gasteiger partial charge >= 0.3 is 0 Å². The van der Waals surface area contributed by atoms with Crippen molar-refractivity contribution in [2.75, 3.05) is 0 Å². The second-order valence-corrected chi connectivity index (χ2v) is 28.4. The van der Waals surface area contributed by atoms with Crippen molar-refractivity contribution in [2.45, 2.75) is 10.8 Å².